The van der Waals surface area contributed by atoms with Crippen molar-refractivity contribution in [3.63, 3.8) is 0 Å². The lowest BCUT2D eigenvalue weighted by atomic mass is 9.78. The predicted molar refractivity (Wildman–Crippen MR) is 80.7 cm³/mol. The zero-order valence-electron chi connectivity index (χ0n) is 12.2. The average Bonchev–Trinajstić information content (AvgIpc) is 2.77. The third-order valence-electron chi connectivity index (χ3n) is 3.57. The molecule has 4 N–H and O–H groups in total. The minimum atomic E-state index is -0.954. The Balaban J connectivity index is 2.47. The summed E-state index contributed by atoms with van der Waals surface area (Å²) < 4.78 is 0. The number of nitrogens with two attached hydrogens (primary N) is 1. The average molecular weight is 274 g/mol. The molecule has 2 atom stereocenters. The summed E-state index contributed by atoms with van der Waals surface area (Å²) in [7, 11) is 0. The molecule has 0 bridgehead atoms. The van der Waals surface area contributed by atoms with Crippen LogP contribution in [0, 0.1) is 5.41 Å². The number of aromatic nitrogens is 1. The van der Waals surface area contributed by atoms with Gasteiger partial charge in [-0.1, -0.05) is 39.0 Å². The number of aliphatic carboxylic acids is 1. The second-order valence-electron chi connectivity index (χ2n) is 6.52. The molecule has 0 spiro atoms. The Bertz CT molecular complexity index is 610. The van der Waals surface area contributed by atoms with Crippen LogP contribution in [-0.2, 0) is 4.79 Å². The number of carboxylic acid groups (broad SMARTS) is 1. The van der Waals surface area contributed by atoms with Gasteiger partial charge in [0, 0.05) is 23.0 Å². The molecule has 0 aliphatic carbocycles. The van der Waals surface area contributed by atoms with E-state index in [2.05, 4.69) is 25.8 Å². The quantitative estimate of drug-likeness (QED) is 0.801. The molecule has 0 saturated heterocycles. The molecule has 20 heavy (non-hydrogen) atoms. The van der Waals surface area contributed by atoms with Crippen molar-refractivity contribution in [2.24, 2.45) is 11.1 Å². The van der Waals surface area contributed by atoms with Gasteiger partial charge in [-0.15, -0.1) is 0 Å². The number of para-hydroxylation sites is 1. The Morgan fingerprint density at radius 3 is 2.60 bits per heavy atom. The van der Waals surface area contributed by atoms with E-state index in [1.165, 1.54) is 0 Å². The van der Waals surface area contributed by atoms with E-state index in [9.17, 15) is 9.90 Å². The zero-order chi connectivity index (χ0) is 14.9. The second kappa shape index (κ2) is 5.29. The first-order valence-corrected chi connectivity index (χ1v) is 6.84. The van der Waals surface area contributed by atoms with Crippen LogP contribution >= 0.6 is 0 Å². The van der Waals surface area contributed by atoms with Crippen LogP contribution < -0.4 is 5.73 Å². The van der Waals surface area contributed by atoms with Crippen molar-refractivity contribution in [1.29, 1.82) is 0 Å². The fraction of sp³-hybridized carbons (Fsp3) is 0.438. The first-order valence-electron chi connectivity index (χ1n) is 6.84. The van der Waals surface area contributed by atoms with E-state index in [0.29, 0.717) is 0 Å². The van der Waals surface area contributed by atoms with Crippen molar-refractivity contribution in [1.82, 2.24) is 4.98 Å². The van der Waals surface area contributed by atoms with Gasteiger partial charge in [-0.2, -0.15) is 0 Å². The maximum atomic E-state index is 11.3. The monoisotopic (exact) mass is 274 g/mol. The van der Waals surface area contributed by atoms with Gasteiger partial charge in [0.2, 0.25) is 0 Å². The van der Waals surface area contributed by atoms with Gasteiger partial charge in [0.05, 0.1) is 0 Å². The van der Waals surface area contributed by atoms with Gasteiger partial charge in [-0.3, -0.25) is 4.79 Å². The van der Waals surface area contributed by atoms with E-state index in [1.54, 1.807) is 0 Å². The van der Waals surface area contributed by atoms with Crippen molar-refractivity contribution >= 4 is 16.9 Å². The first-order chi connectivity index (χ1) is 9.29. The van der Waals surface area contributed by atoms with E-state index in [0.717, 1.165) is 22.9 Å². The highest BCUT2D eigenvalue weighted by Gasteiger charge is 2.31. The molecule has 0 aliphatic rings. The topological polar surface area (TPSA) is 79.1 Å². The number of carbonyl (C=O) groups is 1. The van der Waals surface area contributed by atoms with Gasteiger partial charge in [0.1, 0.15) is 6.04 Å². The summed E-state index contributed by atoms with van der Waals surface area (Å²) in [5.74, 6) is -1.16. The van der Waals surface area contributed by atoms with E-state index >= 15 is 0 Å². The van der Waals surface area contributed by atoms with Gasteiger partial charge in [-0.25, -0.2) is 0 Å². The number of H-pyrrole nitrogens is 1. The summed E-state index contributed by atoms with van der Waals surface area (Å²) in [5.41, 5.74) is 7.95. The number of fused-ring (bicyclic) bond motifs is 1. The van der Waals surface area contributed by atoms with Gasteiger partial charge in [0.15, 0.2) is 0 Å². The Hall–Kier alpha value is -1.81. The van der Waals surface area contributed by atoms with Crippen molar-refractivity contribution in [2.75, 3.05) is 0 Å². The molecule has 2 rings (SSSR count). The Morgan fingerprint density at radius 2 is 2.00 bits per heavy atom. The van der Waals surface area contributed by atoms with Crippen LogP contribution in [0.4, 0.5) is 0 Å². The van der Waals surface area contributed by atoms with Gasteiger partial charge < -0.3 is 15.8 Å². The summed E-state index contributed by atoms with van der Waals surface area (Å²) in [6.45, 7) is 6.30. The molecular formula is C16H22N2O2. The lowest BCUT2D eigenvalue weighted by Crippen LogP contribution is -2.38. The van der Waals surface area contributed by atoms with Crippen molar-refractivity contribution < 1.29 is 9.90 Å². The third kappa shape index (κ3) is 3.02. The van der Waals surface area contributed by atoms with Crippen LogP contribution in [0.1, 0.15) is 38.7 Å². The molecule has 1 heterocycles. The van der Waals surface area contributed by atoms with Crippen LogP contribution in [0.5, 0.6) is 0 Å². The highest BCUT2D eigenvalue weighted by atomic mass is 16.4. The van der Waals surface area contributed by atoms with E-state index < -0.39 is 12.0 Å². The highest BCUT2D eigenvalue weighted by molar-refractivity contribution is 5.85. The number of nitrogens with one attached hydrogen (secondary N) is 1. The second-order valence-corrected chi connectivity index (χ2v) is 6.52. The summed E-state index contributed by atoms with van der Waals surface area (Å²) in [4.78, 5) is 14.5. The molecule has 0 radical (unpaired) electrons. The molecular weight excluding hydrogens is 252 g/mol. The normalized spacial score (nSPS) is 15.2. The predicted octanol–water partition coefficient (Wildman–Crippen LogP) is 3.10. The number of benzene rings is 1. The Kier molecular flexibility index (Phi) is 3.86. The smallest absolute Gasteiger partial charge is 0.321 e. The zero-order valence-corrected chi connectivity index (χ0v) is 12.2. The lowest BCUT2D eigenvalue weighted by Gasteiger charge is -2.28. The summed E-state index contributed by atoms with van der Waals surface area (Å²) in [5, 5.41) is 10.3. The van der Waals surface area contributed by atoms with Crippen LogP contribution in [0.3, 0.4) is 0 Å². The van der Waals surface area contributed by atoms with Crippen LogP contribution in [0.25, 0.3) is 10.9 Å². The van der Waals surface area contributed by atoms with Gasteiger partial charge >= 0.3 is 5.97 Å². The number of hydrogen-bond donors (Lipinski definition) is 3. The van der Waals surface area contributed by atoms with Crippen molar-refractivity contribution in [2.45, 2.75) is 39.2 Å². The third-order valence-corrected chi connectivity index (χ3v) is 3.57. The summed E-state index contributed by atoms with van der Waals surface area (Å²) >= 11 is 0. The first kappa shape index (κ1) is 14.6. The standard InChI is InChI=1S/C16H22N2O2/c1-16(2,3)8-11(14(17)15(19)20)12-9-18-13-7-5-4-6-10(12)13/h4-7,9,11,14,18H,8,17H2,1-3H3,(H,19,20). The fourth-order valence-corrected chi connectivity index (χ4v) is 2.66. The number of carboxylic acids is 1. The molecule has 108 valence electrons. The maximum absolute atomic E-state index is 11.3. The number of hydrogen-bond acceptors (Lipinski definition) is 2. The summed E-state index contributed by atoms with van der Waals surface area (Å²) in [6, 6.07) is 7.01. The SMILES string of the molecule is CC(C)(C)CC(c1c[nH]c2ccccc12)C(N)C(=O)O. The van der Waals surface area contributed by atoms with Gasteiger partial charge in [-0.05, 0) is 23.5 Å². The van der Waals surface area contributed by atoms with Crippen LogP contribution in [0.2, 0.25) is 0 Å². The number of rotatable bonds is 4. The van der Waals surface area contributed by atoms with E-state index in [-0.39, 0.29) is 11.3 Å². The maximum Gasteiger partial charge on any atom is 0.321 e. The van der Waals surface area contributed by atoms with Crippen molar-refractivity contribution in [3.05, 3.63) is 36.0 Å². The molecule has 0 fully saturated rings. The molecule has 4 heteroatoms. The Morgan fingerprint density at radius 1 is 1.35 bits per heavy atom. The highest BCUT2D eigenvalue weighted by Crippen LogP contribution is 2.36. The minimum Gasteiger partial charge on any atom is -0.480 e. The molecule has 2 unspecified atom stereocenters. The van der Waals surface area contributed by atoms with Gasteiger partial charge in [0.25, 0.3) is 0 Å². The van der Waals surface area contributed by atoms with E-state index in [1.807, 2.05) is 30.5 Å². The molecule has 1 aromatic carbocycles. The molecule has 0 amide bonds. The lowest BCUT2D eigenvalue weighted by molar-refractivity contribution is -0.139. The minimum absolute atomic E-state index is 0.0100. The molecule has 1 aromatic heterocycles. The molecule has 0 saturated carbocycles. The van der Waals surface area contributed by atoms with Crippen LogP contribution in [0.15, 0.2) is 30.5 Å². The Labute approximate surface area is 119 Å². The molecule has 2 aromatic rings. The number of aromatic amines is 1. The van der Waals surface area contributed by atoms with Crippen molar-refractivity contribution in [3.8, 4) is 0 Å². The van der Waals surface area contributed by atoms with Crippen LogP contribution in [-0.4, -0.2) is 22.1 Å². The van der Waals surface area contributed by atoms with E-state index in [4.69, 9.17) is 5.73 Å². The summed E-state index contributed by atoms with van der Waals surface area (Å²) in [6.07, 6.45) is 2.62. The molecule has 4 nitrogen and oxygen atoms in total. The molecule has 0 aliphatic heterocycles. The fourth-order valence-electron chi connectivity index (χ4n) is 2.66. The largest absolute Gasteiger partial charge is 0.480 e.